The van der Waals surface area contributed by atoms with Gasteiger partial charge in [-0.05, 0) is 45.1 Å². The van der Waals surface area contributed by atoms with Crippen LogP contribution in [0.1, 0.15) is 50.8 Å². The molecule has 2 heterocycles. The minimum absolute atomic E-state index is 0.0861. The van der Waals surface area contributed by atoms with Crippen LogP contribution in [0, 0.1) is 0 Å². The summed E-state index contributed by atoms with van der Waals surface area (Å²) in [5, 5.41) is 4.26. The number of aromatic nitrogens is 2. The number of hydrogen-bond acceptors (Lipinski definition) is 3. The van der Waals surface area contributed by atoms with Gasteiger partial charge in [0.1, 0.15) is 0 Å². The maximum atomic E-state index is 6.22. The minimum atomic E-state index is 0.0861. The van der Waals surface area contributed by atoms with Crippen LogP contribution in [-0.2, 0) is 11.3 Å². The zero-order valence-electron chi connectivity index (χ0n) is 10.6. The van der Waals surface area contributed by atoms with Crippen LogP contribution < -0.4 is 5.73 Å². The second-order valence-corrected chi connectivity index (χ2v) is 4.74. The predicted molar refractivity (Wildman–Crippen MR) is 67.7 cm³/mol. The lowest BCUT2D eigenvalue weighted by Crippen LogP contribution is -2.22. The van der Waals surface area contributed by atoms with Crippen molar-refractivity contribution in [2.24, 2.45) is 5.73 Å². The maximum absolute atomic E-state index is 6.22. The van der Waals surface area contributed by atoms with Gasteiger partial charge in [-0.2, -0.15) is 5.10 Å². The van der Waals surface area contributed by atoms with Crippen LogP contribution in [0.3, 0.4) is 0 Å². The Balaban J connectivity index is 1.82. The molecule has 1 fully saturated rings. The topological polar surface area (TPSA) is 53.1 Å². The van der Waals surface area contributed by atoms with Gasteiger partial charge in [0.2, 0.25) is 0 Å². The lowest BCUT2D eigenvalue weighted by Gasteiger charge is -2.23. The zero-order chi connectivity index (χ0) is 12.1. The maximum Gasteiger partial charge on any atom is 0.0575 e. The van der Waals surface area contributed by atoms with Crippen LogP contribution >= 0.6 is 0 Å². The van der Waals surface area contributed by atoms with Crippen LogP contribution in [0.25, 0.3) is 0 Å². The molecule has 0 radical (unpaired) electrons. The molecule has 0 spiro atoms. The number of aryl methyl sites for hydroxylation is 1. The van der Waals surface area contributed by atoms with E-state index in [0.717, 1.165) is 31.7 Å². The van der Waals surface area contributed by atoms with Crippen molar-refractivity contribution in [3.63, 3.8) is 0 Å². The molecule has 0 bridgehead atoms. The molecule has 4 nitrogen and oxygen atoms in total. The number of hydrogen-bond donors (Lipinski definition) is 1. The van der Waals surface area contributed by atoms with Crippen LogP contribution in [0.15, 0.2) is 12.3 Å². The lowest BCUT2D eigenvalue weighted by atomic mass is 10.0. The SMILES string of the molecule is CCn1nccc1C(N)CCC1CCCCO1. The second kappa shape index (κ2) is 6.17. The van der Waals surface area contributed by atoms with Gasteiger partial charge in [-0.25, -0.2) is 0 Å². The van der Waals surface area contributed by atoms with Gasteiger partial charge >= 0.3 is 0 Å². The molecule has 1 aromatic heterocycles. The third kappa shape index (κ3) is 3.30. The van der Waals surface area contributed by atoms with Crippen molar-refractivity contribution >= 4 is 0 Å². The molecule has 96 valence electrons. The van der Waals surface area contributed by atoms with Gasteiger partial charge in [0.25, 0.3) is 0 Å². The van der Waals surface area contributed by atoms with Crippen molar-refractivity contribution in [3.05, 3.63) is 18.0 Å². The number of ether oxygens (including phenoxy) is 1. The van der Waals surface area contributed by atoms with E-state index in [1.54, 1.807) is 0 Å². The molecule has 0 aromatic carbocycles. The quantitative estimate of drug-likeness (QED) is 0.854. The first kappa shape index (κ1) is 12.6. The monoisotopic (exact) mass is 237 g/mol. The first-order chi connectivity index (χ1) is 8.31. The van der Waals surface area contributed by atoms with Crippen molar-refractivity contribution in [2.75, 3.05) is 6.61 Å². The Labute approximate surface area is 103 Å². The van der Waals surface area contributed by atoms with Crippen molar-refractivity contribution in [2.45, 2.75) is 57.7 Å². The smallest absolute Gasteiger partial charge is 0.0575 e. The summed E-state index contributed by atoms with van der Waals surface area (Å²) in [4.78, 5) is 0. The second-order valence-electron chi connectivity index (χ2n) is 4.74. The van der Waals surface area contributed by atoms with E-state index in [1.807, 2.05) is 16.9 Å². The highest BCUT2D eigenvalue weighted by molar-refractivity contribution is 5.06. The Hall–Kier alpha value is -0.870. The fourth-order valence-electron chi connectivity index (χ4n) is 2.47. The predicted octanol–water partition coefficient (Wildman–Crippen LogP) is 2.25. The largest absolute Gasteiger partial charge is 0.378 e. The van der Waals surface area contributed by atoms with Crippen LogP contribution in [0.4, 0.5) is 0 Å². The average Bonchev–Trinajstić information content (AvgIpc) is 2.85. The fourth-order valence-corrected chi connectivity index (χ4v) is 2.47. The lowest BCUT2D eigenvalue weighted by molar-refractivity contribution is 0.00901. The van der Waals surface area contributed by atoms with Gasteiger partial charge in [0.05, 0.1) is 11.8 Å². The molecule has 1 saturated heterocycles. The molecule has 2 N–H and O–H groups in total. The van der Waals surface area contributed by atoms with Gasteiger partial charge in [-0.15, -0.1) is 0 Å². The number of nitrogens with two attached hydrogens (primary N) is 1. The Morgan fingerprint density at radius 2 is 2.47 bits per heavy atom. The summed E-state index contributed by atoms with van der Waals surface area (Å²) in [7, 11) is 0. The number of rotatable bonds is 5. The highest BCUT2D eigenvalue weighted by Crippen LogP contribution is 2.22. The van der Waals surface area contributed by atoms with Crippen molar-refractivity contribution in [1.29, 1.82) is 0 Å². The number of nitrogens with zero attached hydrogens (tertiary/aromatic N) is 2. The van der Waals surface area contributed by atoms with E-state index in [-0.39, 0.29) is 6.04 Å². The molecule has 17 heavy (non-hydrogen) atoms. The molecule has 0 saturated carbocycles. The standard InChI is InChI=1S/C13H23N3O/c1-2-16-13(8-9-15-16)12(14)7-6-11-5-3-4-10-17-11/h8-9,11-12H,2-7,10,14H2,1H3. The third-order valence-corrected chi connectivity index (χ3v) is 3.50. The zero-order valence-corrected chi connectivity index (χ0v) is 10.6. The van der Waals surface area contributed by atoms with Crippen LogP contribution in [0.2, 0.25) is 0 Å². The molecule has 1 aliphatic heterocycles. The molecule has 0 aliphatic carbocycles. The molecule has 1 aliphatic rings. The molecular formula is C13H23N3O. The highest BCUT2D eigenvalue weighted by Gasteiger charge is 2.17. The molecule has 1 aromatic rings. The normalized spacial score (nSPS) is 22.6. The summed E-state index contributed by atoms with van der Waals surface area (Å²) >= 11 is 0. The summed E-state index contributed by atoms with van der Waals surface area (Å²) in [6.45, 7) is 3.90. The van der Waals surface area contributed by atoms with Gasteiger partial charge < -0.3 is 10.5 Å². The Bertz CT molecular complexity index is 331. The summed E-state index contributed by atoms with van der Waals surface area (Å²) in [6, 6.07) is 2.11. The fraction of sp³-hybridized carbons (Fsp3) is 0.769. The van der Waals surface area contributed by atoms with Gasteiger partial charge in [-0.1, -0.05) is 0 Å². The van der Waals surface area contributed by atoms with Gasteiger partial charge in [-0.3, -0.25) is 4.68 Å². The molecule has 2 rings (SSSR count). The van der Waals surface area contributed by atoms with Crippen LogP contribution in [0.5, 0.6) is 0 Å². The van der Waals surface area contributed by atoms with E-state index in [2.05, 4.69) is 12.0 Å². The molecule has 2 atom stereocenters. The molecule has 0 amide bonds. The highest BCUT2D eigenvalue weighted by atomic mass is 16.5. The van der Waals surface area contributed by atoms with Crippen molar-refractivity contribution < 1.29 is 4.74 Å². The van der Waals surface area contributed by atoms with E-state index in [9.17, 15) is 0 Å². The van der Waals surface area contributed by atoms with Gasteiger partial charge in [0.15, 0.2) is 0 Å². The average molecular weight is 237 g/mol. The van der Waals surface area contributed by atoms with E-state index in [4.69, 9.17) is 10.5 Å². The summed E-state index contributed by atoms with van der Waals surface area (Å²) in [5.41, 5.74) is 7.36. The first-order valence-electron chi connectivity index (χ1n) is 6.70. The summed E-state index contributed by atoms with van der Waals surface area (Å²) in [5.74, 6) is 0. The Kier molecular flexibility index (Phi) is 4.57. The third-order valence-electron chi connectivity index (χ3n) is 3.50. The van der Waals surface area contributed by atoms with Crippen molar-refractivity contribution in [1.82, 2.24) is 9.78 Å². The van der Waals surface area contributed by atoms with Crippen LogP contribution in [-0.4, -0.2) is 22.5 Å². The molecule has 2 unspecified atom stereocenters. The van der Waals surface area contributed by atoms with Crippen molar-refractivity contribution in [3.8, 4) is 0 Å². The van der Waals surface area contributed by atoms with E-state index < -0.39 is 0 Å². The molecule has 4 heteroatoms. The van der Waals surface area contributed by atoms with Gasteiger partial charge in [0, 0.05) is 25.4 Å². The van der Waals surface area contributed by atoms with E-state index in [1.165, 1.54) is 19.3 Å². The summed E-state index contributed by atoms with van der Waals surface area (Å²) < 4.78 is 7.70. The molecular weight excluding hydrogens is 214 g/mol. The van der Waals surface area contributed by atoms with E-state index >= 15 is 0 Å². The minimum Gasteiger partial charge on any atom is -0.378 e. The Morgan fingerprint density at radius 1 is 1.59 bits per heavy atom. The first-order valence-corrected chi connectivity index (χ1v) is 6.70. The Morgan fingerprint density at radius 3 is 3.18 bits per heavy atom. The van der Waals surface area contributed by atoms with E-state index in [0.29, 0.717) is 6.10 Å². The summed E-state index contributed by atoms with van der Waals surface area (Å²) in [6.07, 6.45) is 8.01.